The van der Waals surface area contributed by atoms with E-state index in [4.69, 9.17) is 10.5 Å². The standard InChI is InChI=1S/C27H33N7O/c28-10-9-22(21-6-2-1-3-7-21)17-20-5-4-8-23(18-20)25-24-19-30-27(31-26(24)33-32-25)29-11-12-34-13-15-35-16-14-34/h1-8,18-19,22H,9-17,28H2,(H2,29,30,31,32,33). The van der Waals surface area contributed by atoms with E-state index in [0.29, 0.717) is 24.1 Å². The molecule has 1 atom stereocenters. The number of fused-ring (bicyclic) bond motifs is 1. The van der Waals surface area contributed by atoms with E-state index in [1.165, 1.54) is 11.1 Å². The van der Waals surface area contributed by atoms with Crippen molar-refractivity contribution in [3.63, 3.8) is 0 Å². The van der Waals surface area contributed by atoms with Gasteiger partial charge in [0, 0.05) is 37.9 Å². The van der Waals surface area contributed by atoms with Gasteiger partial charge in [0.15, 0.2) is 5.65 Å². The number of aromatic nitrogens is 4. The Morgan fingerprint density at radius 3 is 2.77 bits per heavy atom. The summed E-state index contributed by atoms with van der Waals surface area (Å²) in [5, 5.41) is 11.9. The lowest BCUT2D eigenvalue weighted by Crippen LogP contribution is -2.39. The molecule has 2 aromatic carbocycles. The summed E-state index contributed by atoms with van der Waals surface area (Å²) in [7, 11) is 0. The molecule has 1 fully saturated rings. The van der Waals surface area contributed by atoms with E-state index in [-0.39, 0.29) is 0 Å². The molecule has 1 unspecified atom stereocenters. The average Bonchev–Trinajstić information content (AvgIpc) is 3.33. The smallest absolute Gasteiger partial charge is 0.224 e. The summed E-state index contributed by atoms with van der Waals surface area (Å²) in [5.41, 5.74) is 11.2. The van der Waals surface area contributed by atoms with Gasteiger partial charge in [-0.2, -0.15) is 10.1 Å². The van der Waals surface area contributed by atoms with E-state index in [1.54, 1.807) is 0 Å². The number of nitrogens with zero attached hydrogens (tertiary/aromatic N) is 4. The number of nitrogens with two attached hydrogens (primary N) is 1. The lowest BCUT2D eigenvalue weighted by Gasteiger charge is -2.26. The highest BCUT2D eigenvalue weighted by molar-refractivity contribution is 5.90. The second-order valence-electron chi connectivity index (χ2n) is 9.00. The van der Waals surface area contributed by atoms with Crippen molar-refractivity contribution in [1.29, 1.82) is 0 Å². The number of aromatic amines is 1. The molecule has 3 heterocycles. The van der Waals surface area contributed by atoms with E-state index >= 15 is 0 Å². The Kier molecular flexibility index (Phi) is 7.62. The number of nitrogens with one attached hydrogen (secondary N) is 2. The summed E-state index contributed by atoms with van der Waals surface area (Å²) >= 11 is 0. The van der Waals surface area contributed by atoms with Crippen LogP contribution in [0, 0.1) is 0 Å². The van der Waals surface area contributed by atoms with Gasteiger partial charge in [-0.05, 0) is 42.5 Å². The number of hydrogen-bond donors (Lipinski definition) is 3. The fourth-order valence-electron chi connectivity index (χ4n) is 4.71. The highest BCUT2D eigenvalue weighted by Crippen LogP contribution is 2.29. The van der Waals surface area contributed by atoms with E-state index < -0.39 is 0 Å². The molecule has 35 heavy (non-hydrogen) atoms. The lowest BCUT2D eigenvalue weighted by atomic mass is 9.88. The Bertz CT molecular complexity index is 1220. The van der Waals surface area contributed by atoms with Crippen LogP contribution in [-0.4, -0.2) is 71.0 Å². The number of rotatable bonds is 10. The van der Waals surface area contributed by atoms with Crippen LogP contribution in [0.2, 0.25) is 0 Å². The average molecular weight is 472 g/mol. The molecule has 0 bridgehead atoms. The predicted molar refractivity (Wildman–Crippen MR) is 139 cm³/mol. The molecule has 4 aromatic rings. The summed E-state index contributed by atoms with van der Waals surface area (Å²) in [5.74, 6) is 0.995. The third-order valence-corrected chi connectivity index (χ3v) is 6.61. The number of H-pyrrole nitrogens is 1. The second kappa shape index (κ2) is 11.4. The van der Waals surface area contributed by atoms with Crippen molar-refractivity contribution in [1.82, 2.24) is 25.1 Å². The van der Waals surface area contributed by atoms with Gasteiger partial charge >= 0.3 is 0 Å². The molecular weight excluding hydrogens is 438 g/mol. The Labute approximate surface area is 205 Å². The van der Waals surface area contributed by atoms with Gasteiger partial charge in [-0.25, -0.2) is 4.98 Å². The van der Waals surface area contributed by atoms with Gasteiger partial charge in [0.25, 0.3) is 0 Å². The fraction of sp³-hybridized carbons (Fsp3) is 0.370. The minimum atomic E-state index is 0.393. The van der Waals surface area contributed by atoms with Crippen molar-refractivity contribution in [2.45, 2.75) is 18.8 Å². The highest BCUT2D eigenvalue weighted by Gasteiger charge is 2.15. The molecule has 8 nitrogen and oxygen atoms in total. The van der Waals surface area contributed by atoms with Gasteiger partial charge in [0.05, 0.1) is 24.3 Å². The highest BCUT2D eigenvalue weighted by atomic mass is 16.5. The van der Waals surface area contributed by atoms with E-state index in [9.17, 15) is 0 Å². The Hall–Kier alpha value is -3.33. The second-order valence-corrected chi connectivity index (χ2v) is 9.00. The van der Waals surface area contributed by atoms with Gasteiger partial charge in [-0.3, -0.25) is 10.00 Å². The van der Waals surface area contributed by atoms with Crippen LogP contribution in [-0.2, 0) is 11.2 Å². The SMILES string of the molecule is NCCC(Cc1cccc(-c2[nH]nc3nc(NCCN4CCOCC4)ncc23)c1)c1ccccc1. The molecule has 2 aromatic heterocycles. The molecule has 5 rings (SSSR count). The largest absolute Gasteiger partial charge is 0.379 e. The van der Waals surface area contributed by atoms with Crippen LogP contribution in [0.3, 0.4) is 0 Å². The topological polar surface area (TPSA) is 105 Å². The van der Waals surface area contributed by atoms with Crippen LogP contribution in [0.5, 0.6) is 0 Å². The molecule has 1 saturated heterocycles. The van der Waals surface area contributed by atoms with Crippen molar-refractivity contribution < 1.29 is 4.74 Å². The van der Waals surface area contributed by atoms with E-state index in [1.807, 2.05) is 6.20 Å². The number of morpholine rings is 1. The zero-order valence-corrected chi connectivity index (χ0v) is 20.0. The number of ether oxygens (including phenoxy) is 1. The first-order valence-electron chi connectivity index (χ1n) is 12.4. The third kappa shape index (κ3) is 5.85. The number of benzene rings is 2. The molecule has 0 spiro atoms. The summed E-state index contributed by atoms with van der Waals surface area (Å²) in [4.78, 5) is 11.5. The summed E-state index contributed by atoms with van der Waals surface area (Å²) in [6.07, 6.45) is 3.75. The fourth-order valence-corrected chi connectivity index (χ4v) is 4.71. The Balaban J connectivity index is 1.29. The van der Waals surface area contributed by atoms with Crippen LogP contribution in [0.15, 0.2) is 60.8 Å². The molecule has 0 aliphatic carbocycles. The van der Waals surface area contributed by atoms with Crippen LogP contribution >= 0.6 is 0 Å². The van der Waals surface area contributed by atoms with Crippen molar-refractivity contribution in [3.05, 3.63) is 71.9 Å². The normalized spacial score (nSPS) is 15.3. The molecule has 1 aliphatic heterocycles. The molecule has 182 valence electrons. The van der Waals surface area contributed by atoms with Gasteiger partial charge in [0.1, 0.15) is 0 Å². The third-order valence-electron chi connectivity index (χ3n) is 6.61. The van der Waals surface area contributed by atoms with Crippen LogP contribution in [0.4, 0.5) is 5.95 Å². The van der Waals surface area contributed by atoms with Crippen molar-refractivity contribution in [2.24, 2.45) is 5.73 Å². The van der Waals surface area contributed by atoms with Crippen molar-refractivity contribution in [3.8, 4) is 11.3 Å². The van der Waals surface area contributed by atoms with Crippen LogP contribution in [0.25, 0.3) is 22.3 Å². The van der Waals surface area contributed by atoms with Crippen molar-refractivity contribution >= 4 is 17.0 Å². The van der Waals surface area contributed by atoms with Crippen LogP contribution < -0.4 is 11.1 Å². The number of anilines is 1. The zero-order chi connectivity index (χ0) is 23.9. The van der Waals surface area contributed by atoms with Crippen LogP contribution in [0.1, 0.15) is 23.5 Å². The molecule has 8 heteroatoms. The lowest BCUT2D eigenvalue weighted by molar-refractivity contribution is 0.0398. The molecule has 4 N–H and O–H groups in total. The predicted octanol–water partition coefficient (Wildman–Crippen LogP) is 3.44. The Morgan fingerprint density at radius 2 is 1.94 bits per heavy atom. The first-order valence-corrected chi connectivity index (χ1v) is 12.4. The van der Waals surface area contributed by atoms with Gasteiger partial charge in [0.2, 0.25) is 5.95 Å². The zero-order valence-electron chi connectivity index (χ0n) is 20.0. The molecule has 0 radical (unpaired) electrons. The minimum Gasteiger partial charge on any atom is -0.379 e. The molecule has 0 saturated carbocycles. The molecule has 0 amide bonds. The minimum absolute atomic E-state index is 0.393. The van der Waals surface area contributed by atoms with E-state index in [0.717, 1.165) is 68.9 Å². The monoisotopic (exact) mass is 471 g/mol. The van der Waals surface area contributed by atoms with Gasteiger partial charge in [-0.1, -0.05) is 48.5 Å². The Morgan fingerprint density at radius 1 is 1.09 bits per heavy atom. The first-order chi connectivity index (χ1) is 17.3. The first kappa shape index (κ1) is 23.4. The molecular formula is C27H33N7O. The maximum Gasteiger partial charge on any atom is 0.224 e. The maximum atomic E-state index is 5.93. The van der Waals surface area contributed by atoms with E-state index in [2.05, 4.69) is 85.0 Å². The molecule has 1 aliphatic rings. The quantitative estimate of drug-likeness (QED) is 0.325. The maximum absolute atomic E-state index is 5.93. The van der Waals surface area contributed by atoms with Gasteiger partial charge in [-0.15, -0.1) is 0 Å². The van der Waals surface area contributed by atoms with Crippen molar-refractivity contribution in [2.75, 3.05) is 51.3 Å². The summed E-state index contributed by atoms with van der Waals surface area (Å²) in [6.45, 7) is 5.96. The number of hydrogen-bond acceptors (Lipinski definition) is 7. The summed E-state index contributed by atoms with van der Waals surface area (Å²) < 4.78 is 5.40. The van der Waals surface area contributed by atoms with Gasteiger partial charge < -0.3 is 15.8 Å². The summed E-state index contributed by atoms with van der Waals surface area (Å²) in [6, 6.07) is 19.2.